The lowest BCUT2D eigenvalue weighted by atomic mass is 10.3. The molecule has 2 rings (SSSR count). The first-order valence-corrected chi connectivity index (χ1v) is 4.35. The van der Waals surface area contributed by atoms with E-state index < -0.39 is 0 Å². The van der Waals surface area contributed by atoms with Crippen LogP contribution in [0.4, 0.5) is 5.69 Å². The zero-order chi connectivity index (χ0) is 8.72. The van der Waals surface area contributed by atoms with E-state index in [2.05, 4.69) is 0 Å². The number of hydrogen-bond donors (Lipinski definition) is 1. The predicted molar refractivity (Wildman–Crippen MR) is 58.7 cm³/mol. The van der Waals surface area contributed by atoms with Crippen LogP contribution in [0.2, 0.25) is 0 Å². The number of hydrogen-bond acceptors (Lipinski definition) is 3. The number of nitrogen functional groups attached to an aromatic ring is 1. The number of aryl methyl sites for hydroxylation is 1. The first-order chi connectivity index (χ1) is 5.68. The standard InChI is InChI=1S/C8H8N2OS.ClH/c1-10-6-3-2-5(9)4-7(6)12-8(10)11;/h2-4H,9H2,1H3;1H. The molecule has 1 heterocycles. The van der Waals surface area contributed by atoms with Crippen LogP contribution in [-0.4, -0.2) is 4.57 Å². The molecule has 0 saturated carbocycles. The third-order valence-corrected chi connectivity index (χ3v) is 2.81. The molecule has 0 aliphatic rings. The van der Waals surface area contributed by atoms with E-state index in [-0.39, 0.29) is 17.3 Å². The fourth-order valence-corrected chi connectivity index (χ4v) is 2.08. The molecule has 0 spiro atoms. The van der Waals surface area contributed by atoms with Crippen molar-refractivity contribution < 1.29 is 0 Å². The highest BCUT2D eigenvalue weighted by molar-refractivity contribution is 7.16. The minimum Gasteiger partial charge on any atom is -0.399 e. The molecule has 70 valence electrons. The van der Waals surface area contributed by atoms with E-state index in [0.717, 1.165) is 10.2 Å². The Balaban J connectivity index is 0.000000845. The molecule has 0 fully saturated rings. The maximum Gasteiger partial charge on any atom is 0.307 e. The second-order valence-corrected chi connectivity index (χ2v) is 3.65. The molecular formula is C8H9ClN2OS. The number of benzene rings is 1. The predicted octanol–water partition coefficient (Wildman–Crippen LogP) is 1.60. The number of halogens is 1. The Hall–Kier alpha value is -1.00. The van der Waals surface area contributed by atoms with Gasteiger partial charge in [-0.3, -0.25) is 4.79 Å². The lowest BCUT2D eigenvalue weighted by Crippen LogP contribution is -2.06. The quantitative estimate of drug-likeness (QED) is 0.681. The van der Waals surface area contributed by atoms with Crippen LogP contribution in [0.5, 0.6) is 0 Å². The van der Waals surface area contributed by atoms with Gasteiger partial charge < -0.3 is 10.3 Å². The molecule has 0 radical (unpaired) electrons. The summed E-state index contributed by atoms with van der Waals surface area (Å²) in [6, 6.07) is 5.48. The largest absolute Gasteiger partial charge is 0.399 e. The van der Waals surface area contributed by atoms with Crippen molar-refractivity contribution in [3.05, 3.63) is 27.9 Å². The Labute approximate surface area is 85.2 Å². The highest BCUT2D eigenvalue weighted by atomic mass is 35.5. The molecule has 0 unspecified atom stereocenters. The fourth-order valence-electron chi connectivity index (χ4n) is 1.15. The molecule has 0 aliphatic carbocycles. The Morgan fingerprint density at radius 2 is 2.15 bits per heavy atom. The van der Waals surface area contributed by atoms with E-state index in [1.807, 2.05) is 12.1 Å². The van der Waals surface area contributed by atoms with Gasteiger partial charge in [-0.05, 0) is 18.2 Å². The van der Waals surface area contributed by atoms with E-state index in [4.69, 9.17) is 5.73 Å². The maximum absolute atomic E-state index is 11.2. The van der Waals surface area contributed by atoms with Crippen molar-refractivity contribution in [2.45, 2.75) is 0 Å². The smallest absolute Gasteiger partial charge is 0.307 e. The molecule has 3 nitrogen and oxygen atoms in total. The summed E-state index contributed by atoms with van der Waals surface area (Å²) in [6.07, 6.45) is 0. The summed E-state index contributed by atoms with van der Waals surface area (Å²) in [7, 11) is 1.76. The zero-order valence-corrected chi connectivity index (χ0v) is 8.61. The lowest BCUT2D eigenvalue weighted by molar-refractivity contribution is 0.939. The van der Waals surface area contributed by atoms with Gasteiger partial charge in [0.05, 0.1) is 10.2 Å². The second kappa shape index (κ2) is 3.40. The third kappa shape index (κ3) is 1.55. The number of rotatable bonds is 0. The molecule has 13 heavy (non-hydrogen) atoms. The molecule has 0 amide bonds. The van der Waals surface area contributed by atoms with E-state index in [1.54, 1.807) is 17.7 Å². The normalized spacial score (nSPS) is 9.92. The number of aromatic nitrogens is 1. The first kappa shape index (κ1) is 10.1. The summed E-state index contributed by atoms with van der Waals surface area (Å²) in [4.78, 5) is 11.2. The van der Waals surface area contributed by atoms with Gasteiger partial charge in [0.2, 0.25) is 0 Å². The Kier molecular flexibility index (Phi) is 2.63. The molecule has 0 saturated heterocycles. The molecule has 0 aliphatic heterocycles. The third-order valence-electron chi connectivity index (χ3n) is 1.82. The van der Waals surface area contributed by atoms with Crippen molar-refractivity contribution in [3.8, 4) is 0 Å². The van der Waals surface area contributed by atoms with Crippen LogP contribution in [0.15, 0.2) is 23.0 Å². The van der Waals surface area contributed by atoms with E-state index in [0.29, 0.717) is 5.69 Å². The molecule has 5 heteroatoms. The van der Waals surface area contributed by atoms with Crippen molar-refractivity contribution in [3.63, 3.8) is 0 Å². The van der Waals surface area contributed by atoms with Crippen LogP contribution in [0.3, 0.4) is 0 Å². The molecule has 1 aromatic carbocycles. The van der Waals surface area contributed by atoms with Crippen LogP contribution in [0.1, 0.15) is 0 Å². The molecule has 1 aromatic heterocycles. The molecule has 2 N–H and O–H groups in total. The van der Waals surface area contributed by atoms with Gasteiger partial charge in [-0.25, -0.2) is 0 Å². The van der Waals surface area contributed by atoms with E-state index >= 15 is 0 Å². The van der Waals surface area contributed by atoms with Crippen molar-refractivity contribution in [2.75, 3.05) is 5.73 Å². The Bertz CT molecular complexity index is 488. The van der Waals surface area contributed by atoms with Gasteiger partial charge in [-0.1, -0.05) is 11.3 Å². The monoisotopic (exact) mass is 216 g/mol. The average molecular weight is 217 g/mol. The number of nitrogens with zero attached hydrogens (tertiary/aromatic N) is 1. The number of nitrogens with two attached hydrogens (primary N) is 1. The zero-order valence-electron chi connectivity index (χ0n) is 6.98. The summed E-state index contributed by atoms with van der Waals surface area (Å²) in [5.41, 5.74) is 7.22. The second-order valence-electron chi connectivity index (χ2n) is 2.65. The minimum atomic E-state index is 0. The minimum absolute atomic E-state index is 0. The highest BCUT2D eigenvalue weighted by Crippen LogP contribution is 2.18. The summed E-state index contributed by atoms with van der Waals surface area (Å²) < 4.78 is 2.57. The van der Waals surface area contributed by atoms with Crippen LogP contribution in [-0.2, 0) is 7.05 Å². The number of fused-ring (bicyclic) bond motifs is 1. The molecule has 0 bridgehead atoms. The summed E-state index contributed by atoms with van der Waals surface area (Å²) in [6.45, 7) is 0. The summed E-state index contributed by atoms with van der Waals surface area (Å²) >= 11 is 1.22. The van der Waals surface area contributed by atoms with Gasteiger partial charge in [0.15, 0.2) is 0 Å². The average Bonchev–Trinajstić information content (AvgIpc) is 2.28. The molecular weight excluding hydrogens is 208 g/mol. The molecule has 0 atom stereocenters. The van der Waals surface area contributed by atoms with Crippen molar-refractivity contribution in [1.29, 1.82) is 0 Å². The van der Waals surface area contributed by atoms with Gasteiger partial charge in [-0.2, -0.15) is 0 Å². The van der Waals surface area contributed by atoms with Gasteiger partial charge in [0, 0.05) is 12.7 Å². The molecule has 2 aromatic rings. The van der Waals surface area contributed by atoms with Gasteiger partial charge in [0.25, 0.3) is 0 Å². The SMILES string of the molecule is Cl.Cn1c(=O)sc2cc(N)ccc21. The van der Waals surface area contributed by atoms with Crippen LogP contribution < -0.4 is 10.6 Å². The van der Waals surface area contributed by atoms with Crippen LogP contribution >= 0.6 is 23.7 Å². The van der Waals surface area contributed by atoms with Crippen LogP contribution in [0.25, 0.3) is 10.2 Å². The van der Waals surface area contributed by atoms with E-state index in [9.17, 15) is 4.79 Å². The highest BCUT2D eigenvalue weighted by Gasteiger charge is 2.02. The summed E-state index contributed by atoms with van der Waals surface area (Å²) in [5.74, 6) is 0. The number of thiazole rings is 1. The van der Waals surface area contributed by atoms with Crippen molar-refractivity contribution in [2.24, 2.45) is 7.05 Å². The first-order valence-electron chi connectivity index (χ1n) is 3.53. The lowest BCUT2D eigenvalue weighted by Gasteiger charge is -1.94. The van der Waals surface area contributed by atoms with Crippen molar-refractivity contribution in [1.82, 2.24) is 4.57 Å². The summed E-state index contributed by atoms with van der Waals surface area (Å²) in [5, 5.41) is 0. The van der Waals surface area contributed by atoms with Gasteiger partial charge >= 0.3 is 4.87 Å². The maximum atomic E-state index is 11.2. The van der Waals surface area contributed by atoms with Crippen LogP contribution in [0, 0.1) is 0 Å². The fraction of sp³-hybridized carbons (Fsp3) is 0.125. The Morgan fingerprint density at radius 1 is 1.46 bits per heavy atom. The van der Waals surface area contributed by atoms with E-state index in [1.165, 1.54) is 11.3 Å². The Morgan fingerprint density at radius 3 is 2.85 bits per heavy atom. The number of anilines is 1. The van der Waals surface area contributed by atoms with Crippen molar-refractivity contribution >= 4 is 39.6 Å². The van der Waals surface area contributed by atoms with Gasteiger partial charge in [0.1, 0.15) is 0 Å². The topological polar surface area (TPSA) is 48.0 Å². The van der Waals surface area contributed by atoms with Gasteiger partial charge in [-0.15, -0.1) is 12.4 Å².